The number of amides is 1. The van der Waals surface area contributed by atoms with Crippen LogP contribution in [0.4, 0.5) is 0 Å². The van der Waals surface area contributed by atoms with E-state index in [1.807, 2.05) is 27.7 Å². The fraction of sp³-hybridized carbons (Fsp3) is 0.929. The van der Waals surface area contributed by atoms with Gasteiger partial charge in [-0.05, 0) is 12.8 Å². The first-order valence-corrected chi connectivity index (χ1v) is 9.00. The number of hydrogen-bond acceptors (Lipinski definition) is 4. The molecule has 6 heteroatoms. The van der Waals surface area contributed by atoms with E-state index < -0.39 is 15.1 Å². The maximum Gasteiger partial charge on any atom is 0.238 e. The molecule has 0 aromatic carbocycles. The van der Waals surface area contributed by atoms with Gasteiger partial charge in [0.2, 0.25) is 5.91 Å². The first-order chi connectivity index (χ1) is 9.01. The van der Waals surface area contributed by atoms with E-state index in [2.05, 4.69) is 5.32 Å². The molecule has 2 rings (SSSR count). The first-order valence-electron chi connectivity index (χ1n) is 7.29. The van der Waals surface area contributed by atoms with Crippen molar-refractivity contribution < 1.29 is 13.2 Å². The van der Waals surface area contributed by atoms with Crippen molar-refractivity contribution in [3.63, 3.8) is 0 Å². The van der Waals surface area contributed by atoms with Crippen molar-refractivity contribution in [2.75, 3.05) is 5.75 Å². The standard InChI is InChI=1S/C14H26N2O3S/c1-13(2)11(15)14(3,4)12(13)16-10(17)9-7-5-6-8-20(9,18)19/h9,11-12H,5-8,15H2,1-4H3,(H,16,17). The molecule has 116 valence electrons. The van der Waals surface area contributed by atoms with Gasteiger partial charge < -0.3 is 11.1 Å². The fourth-order valence-corrected chi connectivity index (χ4v) is 5.85. The third-order valence-corrected chi connectivity index (χ3v) is 7.42. The van der Waals surface area contributed by atoms with Crippen molar-refractivity contribution in [1.82, 2.24) is 5.32 Å². The highest BCUT2D eigenvalue weighted by Crippen LogP contribution is 2.52. The second-order valence-electron chi connectivity index (χ2n) is 7.41. The molecule has 2 fully saturated rings. The van der Waals surface area contributed by atoms with Gasteiger partial charge in [0, 0.05) is 22.9 Å². The molecule has 3 N–H and O–H groups in total. The quantitative estimate of drug-likeness (QED) is 0.791. The van der Waals surface area contributed by atoms with Crippen molar-refractivity contribution in [1.29, 1.82) is 0 Å². The average molecular weight is 302 g/mol. The molecule has 0 radical (unpaired) electrons. The molecule has 0 aromatic rings. The maximum atomic E-state index is 12.4. The number of nitrogens with two attached hydrogens (primary N) is 1. The highest BCUT2D eigenvalue weighted by atomic mass is 32.2. The average Bonchev–Trinajstić information content (AvgIpc) is 2.33. The van der Waals surface area contributed by atoms with Gasteiger partial charge >= 0.3 is 0 Å². The minimum Gasteiger partial charge on any atom is -0.351 e. The summed E-state index contributed by atoms with van der Waals surface area (Å²) in [6.45, 7) is 8.07. The molecule has 1 saturated heterocycles. The van der Waals surface area contributed by atoms with E-state index in [9.17, 15) is 13.2 Å². The molecule has 20 heavy (non-hydrogen) atoms. The number of carbonyl (C=O) groups is 1. The van der Waals surface area contributed by atoms with Gasteiger partial charge in [-0.1, -0.05) is 34.1 Å². The zero-order chi connectivity index (χ0) is 15.3. The minimum atomic E-state index is -3.28. The first kappa shape index (κ1) is 15.8. The van der Waals surface area contributed by atoms with Crippen molar-refractivity contribution in [3.8, 4) is 0 Å². The predicted molar refractivity (Wildman–Crippen MR) is 78.9 cm³/mol. The van der Waals surface area contributed by atoms with Gasteiger partial charge in [0.25, 0.3) is 0 Å². The van der Waals surface area contributed by atoms with Gasteiger partial charge in [0.15, 0.2) is 9.84 Å². The van der Waals surface area contributed by atoms with Crippen molar-refractivity contribution in [2.45, 2.75) is 64.3 Å². The van der Waals surface area contributed by atoms with E-state index in [-0.39, 0.29) is 34.6 Å². The van der Waals surface area contributed by atoms with E-state index >= 15 is 0 Å². The zero-order valence-electron chi connectivity index (χ0n) is 12.8. The topological polar surface area (TPSA) is 89.3 Å². The summed E-state index contributed by atoms with van der Waals surface area (Å²) in [4.78, 5) is 12.4. The molecule has 1 unspecified atom stereocenters. The third kappa shape index (κ3) is 2.26. The van der Waals surface area contributed by atoms with E-state index in [0.717, 1.165) is 6.42 Å². The highest BCUT2D eigenvalue weighted by Gasteiger charge is 2.60. The Balaban J connectivity index is 2.12. The van der Waals surface area contributed by atoms with Gasteiger partial charge in [-0.3, -0.25) is 4.79 Å². The Bertz CT molecular complexity index is 495. The SMILES string of the molecule is CC1(C)C(N)C(C)(C)C1NC(=O)C1CCCCS1(=O)=O. The van der Waals surface area contributed by atoms with Crippen LogP contribution in [0, 0.1) is 10.8 Å². The normalized spacial score (nSPS) is 37.8. The summed E-state index contributed by atoms with van der Waals surface area (Å²) in [5.41, 5.74) is 5.74. The van der Waals surface area contributed by atoms with Crippen LogP contribution in [0.25, 0.3) is 0 Å². The molecule has 2 aliphatic rings. The van der Waals surface area contributed by atoms with Crippen LogP contribution in [0.2, 0.25) is 0 Å². The number of hydrogen-bond donors (Lipinski definition) is 2. The Morgan fingerprint density at radius 3 is 2.20 bits per heavy atom. The van der Waals surface area contributed by atoms with Gasteiger partial charge in [-0.15, -0.1) is 0 Å². The summed E-state index contributed by atoms with van der Waals surface area (Å²) in [6.07, 6.45) is 1.90. The smallest absolute Gasteiger partial charge is 0.238 e. The second-order valence-corrected chi connectivity index (χ2v) is 9.72. The number of carbonyl (C=O) groups excluding carboxylic acids is 1. The molecule has 1 aliphatic heterocycles. The molecule has 1 atom stereocenters. The van der Waals surface area contributed by atoms with Gasteiger partial charge in [-0.2, -0.15) is 0 Å². The van der Waals surface area contributed by atoms with Crippen LogP contribution >= 0.6 is 0 Å². The van der Waals surface area contributed by atoms with E-state index in [0.29, 0.717) is 12.8 Å². The van der Waals surface area contributed by atoms with Crippen LogP contribution in [0.1, 0.15) is 47.0 Å². The largest absolute Gasteiger partial charge is 0.351 e. The number of nitrogens with one attached hydrogen (secondary N) is 1. The Morgan fingerprint density at radius 2 is 1.70 bits per heavy atom. The lowest BCUT2D eigenvalue weighted by Gasteiger charge is -2.63. The molecule has 1 aliphatic carbocycles. The lowest BCUT2D eigenvalue weighted by molar-refractivity contribution is -0.132. The Labute approximate surface area is 121 Å². The van der Waals surface area contributed by atoms with Crippen LogP contribution in [-0.4, -0.2) is 37.4 Å². The summed E-state index contributed by atoms with van der Waals surface area (Å²) in [5, 5.41) is 2.08. The summed E-state index contributed by atoms with van der Waals surface area (Å²) >= 11 is 0. The Hall–Kier alpha value is -0.620. The summed E-state index contributed by atoms with van der Waals surface area (Å²) in [6, 6.07) is -0.0992. The summed E-state index contributed by atoms with van der Waals surface area (Å²) < 4.78 is 24.0. The Morgan fingerprint density at radius 1 is 1.15 bits per heavy atom. The summed E-state index contributed by atoms with van der Waals surface area (Å²) in [7, 11) is -3.28. The van der Waals surface area contributed by atoms with E-state index in [4.69, 9.17) is 5.73 Å². The molecule has 1 amide bonds. The second kappa shape index (κ2) is 4.70. The van der Waals surface area contributed by atoms with E-state index in [1.54, 1.807) is 0 Å². The van der Waals surface area contributed by atoms with Crippen LogP contribution in [0.15, 0.2) is 0 Å². The molecular formula is C14H26N2O3S. The van der Waals surface area contributed by atoms with Gasteiger partial charge in [-0.25, -0.2) is 8.42 Å². The molecule has 5 nitrogen and oxygen atoms in total. The maximum absolute atomic E-state index is 12.4. The lowest BCUT2D eigenvalue weighted by Crippen LogP contribution is -2.76. The van der Waals surface area contributed by atoms with Crippen molar-refractivity contribution in [3.05, 3.63) is 0 Å². The highest BCUT2D eigenvalue weighted by molar-refractivity contribution is 7.92. The molecule has 1 heterocycles. The molecule has 0 bridgehead atoms. The van der Waals surface area contributed by atoms with Crippen LogP contribution in [-0.2, 0) is 14.6 Å². The van der Waals surface area contributed by atoms with Crippen LogP contribution in [0.5, 0.6) is 0 Å². The monoisotopic (exact) mass is 302 g/mol. The summed E-state index contributed by atoms with van der Waals surface area (Å²) in [5.74, 6) is -0.218. The van der Waals surface area contributed by atoms with Gasteiger partial charge in [0.05, 0.1) is 5.75 Å². The lowest BCUT2D eigenvalue weighted by atomic mass is 9.48. The Kier molecular flexibility index (Phi) is 3.70. The van der Waals surface area contributed by atoms with Crippen molar-refractivity contribution >= 4 is 15.7 Å². The minimum absolute atomic E-state index is 0.0109. The van der Waals surface area contributed by atoms with Crippen LogP contribution in [0.3, 0.4) is 0 Å². The van der Waals surface area contributed by atoms with Crippen LogP contribution < -0.4 is 11.1 Å². The molecule has 0 aromatic heterocycles. The van der Waals surface area contributed by atoms with E-state index in [1.165, 1.54) is 0 Å². The zero-order valence-corrected chi connectivity index (χ0v) is 13.6. The fourth-order valence-electron chi connectivity index (χ4n) is 4.04. The van der Waals surface area contributed by atoms with Gasteiger partial charge in [0.1, 0.15) is 5.25 Å². The molecular weight excluding hydrogens is 276 g/mol. The molecule has 0 spiro atoms. The number of sulfone groups is 1. The number of rotatable bonds is 2. The molecule has 1 saturated carbocycles. The predicted octanol–water partition coefficient (Wildman–Crippen LogP) is 0.832. The van der Waals surface area contributed by atoms with Crippen molar-refractivity contribution in [2.24, 2.45) is 16.6 Å². The third-order valence-electron chi connectivity index (χ3n) is 5.25.